The molecule has 0 fully saturated rings. The smallest absolute Gasteiger partial charge is 0.232 e. The van der Waals surface area contributed by atoms with E-state index in [2.05, 4.69) is 0 Å². The van der Waals surface area contributed by atoms with E-state index in [-0.39, 0.29) is 6.54 Å². The van der Waals surface area contributed by atoms with E-state index < -0.39 is 10.0 Å². The number of anilines is 1. The van der Waals surface area contributed by atoms with Gasteiger partial charge in [0, 0.05) is 16.6 Å². The van der Waals surface area contributed by atoms with E-state index in [0.29, 0.717) is 5.69 Å². The summed E-state index contributed by atoms with van der Waals surface area (Å²) in [6, 6.07) is 27.2. The van der Waals surface area contributed by atoms with Crippen molar-refractivity contribution in [3.63, 3.8) is 0 Å². The summed E-state index contributed by atoms with van der Waals surface area (Å²) in [5.41, 5.74) is 4.96. The predicted octanol–water partition coefficient (Wildman–Crippen LogP) is 5.18. The summed E-state index contributed by atoms with van der Waals surface area (Å²) in [7, 11) is -3.55. The van der Waals surface area contributed by atoms with Crippen LogP contribution in [0.1, 0.15) is 11.3 Å². The van der Waals surface area contributed by atoms with Crippen molar-refractivity contribution in [3.05, 3.63) is 96.2 Å². The molecule has 0 amide bonds. The maximum atomic E-state index is 13.0. The predicted molar refractivity (Wildman–Crippen MR) is 119 cm³/mol. The third-order valence-electron chi connectivity index (χ3n) is 4.93. The third kappa shape index (κ3) is 3.87. The fraction of sp³-hybridized carbons (Fsp3) is 0.125. The summed E-state index contributed by atoms with van der Waals surface area (Å²) >= 11 is 0. The van der Waals surface area contributed by atoms with Gasteiger partial charge in [0.25, 0.3) is 0 Å². The van der Waals surface area contributed by atoms with Crippen LogP contribution in [0.4, 0.5) is 5.69 Å². The number of hydrogen-bond acceptors (Lipinski definition) is 3. The van der Waals surface area contributed by atoms with E-state index in [9.17, 15) is 8.42 Å². The second kappa shape index (κ2) is 7.68. The highest BCUT2D eigenvalue weighted by atomic mass is 32.2. The molecular formula is C24H22N2O2S. The second-order valence-corrected chi connectivity index (χ2v) is 8.97. The number of pyridine rings is 1. The number of aryl methyl sites for hydroxylation is 1. The number of hydrogen-bond donors (Lipinski definition) is 0. The van der Waals surface area contributed by atoms with E-state index in [0.717, 1.165) is 33.3 Å². The lowest BCUT2D eigenvalue weighted by molar-refractivity contribution is 0.596. The molecule has 1 aromatic heterocycles. The zero-order chi connectivity index (χ0) is 20.4. The third-order valence-corrected chi connectivity index (χ3v) is 6.04. The molecule has 0 aliphatic heterocycles. The monoisotopic (exact) mass is 402 g/mol. The Hall–Kier alpha value is -3.18. The summed E-state index contributed by atoms with van der Waals surface area (Å²) in [6.45, 7) is 2.19. The molecule has 0 bridgehead atoms. The molecule has 0 N–H and O–H groups in total. The van der Waals surface area contributed by atoms with Crippen LogP contribution in [-0.4, -0.2) is 19.7 Å². The molecule has 0 aliphatic carbocycles. The van der Waals surface area contributed by atoms with Gasteiger partial charge in [0.05, 0.1) is 24.0 Å². The van der Waals surface area contributed by atoms with Crippen LogP contribution in [0.15, 0.2) is 84.9 Å². The topological polar surface area (TPSA) is 50.3 Å². The van der Waals surface area contributed by atoms with Gasteiger partial charge < -0.3 is 0 Å². The van der Waals surface area contributed by atoms with Gasteiger partial charge in [0.15, 0.2) is 0 Å². The Kier molecular flexibility index (Phi) is 5.07. The van der Waals surface area contributed by atoms with Crippen molar-refractivity contribution >= 4 is 26.6 Å². The van der Waals surface area contributed by atoms with Gasteiger partial charge in [0.2, 0.25) is 10.0 Å². The molecule has 4 aromatic rings. The Morgan fingerprint density at radius 3 is 2.07 bits per heavy atom. The number of para-hydroxylation sites is 1. The first-order valence-corrected chi connectivity index (χ1v) is 11.3. The zero-order valence-corrected chi connectivity index (χ0v) is 17.2. The number of sulfonamides is 1. The first kappa shape index (κ1) is 19.2. The standard InChI is InChI=1S/C24H22N2O2S/c1-18-23(20-13-7-4-8-14-20)24(21-15-9-10-16-22(21)25-18)26(29(2,27)28)17-19-11-5-3-6-12-19/h3-16H,17H2,1-2H3. The van der Waals surface area contributed by atoms with E-state index in [4.69, 9.17) is 4.98 Å². The molecule has 0 aliphatic rings. The maximum absolute atomic E-state index is 13.0. The van der Waals surface area contributed by atoms with E-state index in [1.807, 2.05) is 91.9 Å². The Labute approximate surface area is 171 Å². The molecule has 0 spiro atoms. The molecular weight excluding hydrogens is 380 g/mol. The van der Waals surface area contributed by atoms with Gasteiger partial charge in [-0.2, -0.15) is 0 Å². The lowest BCUT2D eigenvalue weighted by Crippen LogP contribution is -2.30. The minimum Gasteiger partial charge on any atom is -0.265 e. The van der Waals surface area contributed by atoms with E-state index >= 15 is 0 Å². The molecule has 0 saturated heterocycles. The van der Waals surface area contributed by atoms with Crippen LogP contribution in [0, 0.1) is 6.92 Å². The summed E-state index contributed by atoms with van der Waals surface area (Å²) in [6.07, 6.45) is 1.26. The van der Waals surface area contributed by atoms with Crippen LogP contribution in [0.25, 0.3) is 22.0 Å². The van der Waals surface area contributed by atoms with Gasteiger partial charge in [-0.3, -0.25) is 9.29 Å². The molecule has 1 heterocycles. The highest BCUT2D eigenvalue weighted by molar-refractivity contribution is 7.92. The highest BCUT2D eigenvalue weighted by Crippen LogP contribution is 2.40. The van der Waals surface area contributed by atoms with Crippen LogP contribution >= 0.6 is 0 Å². The van der Waals surface area contributed by atoms with Crippen LogP contribution in [0.3, 0.4) is 0 Å². The largest absolute Gasteiger partial charge is 0.265 e. The van der Waals surface area contributed by atoms with Gasteiger partial charge in [-0.05, 0) is 24.1 Å². The van der Waals surface area contributed by atoms with Gasteiger partial charge >= 0.3 is 0 Å². The quantitative estimate of drug-likeness (QED) is 0.462. The van der Waals surface area contributed by atoms with Crippen molar-refractivity contribution in [2.24, 2.45) is 0 Å². The lowest BCUT2D eigenvalue weighted by atomic mass is 9.98. The van der Waals surface area contributed by atoms with Crippen LogP contribution in [-0.2, 0) is 16.6 Å². The molecule has 29 heavy (non-hydrogen) atoms. The summed E-state index contributed by atoms with van der Waals surface area (Å²) < 4.78 is 27.5. The Morgan fingerprint density at radius 1 is 0.828 bits per heavy atom. The number of nitrogens with zero attached hydrogens (tertiary/aromatic N) is 2. The number of benzene rings is 3. The van der Waals surface area contributed by atoms with Crippen molar-refractivity contribution in [1.29, 1.82) is 0 Å². The van der Waals surface area contributed by atoms with Gasteiger partial charge in [-0.1, -0.05) is 78.9 Å². The zero-order valence-electron chi connectivity index (χ0n) is 16.4. The van der Waals surface area contributed by atoms with Gasteiger partial charge in [-0.15, -0.1) is 0 Å². The Balaban J connectivity index is 2.06. The SMILES string of the molecule is Cc1nc2ccccc2c(N(Cc2ccccc2)S(C)(=O)=O)c1-c1ccccc1. The molecule has 5 heteroatoms. The van der Waals surface area contributed by atoms with Crippen molar-refractivity contribution in [1.82, 2.24) is 4.98 Å². The van der Waals surface area contributed by atoms with Crippen molar-refractivity contribution in [3.8, 4) is 11.1 Å². The van der Waals surface area contributed by atoms with Crippen molar-refractivity contribution < 1.29 is 8.42 Å². The fourth-order valence-electron chi connectivity index (χ4n) is 3.63. The van der Waals surface area contributed by atoms with Crippen LogP contribution < -0.4 is 4.31 Å². The Morgan fingerprint density at radius 2 is 1.41 bits per heavy atom. The molecule has 146 valence electrons. The van der Waals surface area contributed by atoms with Gasteiger partial charge in [-0.25, -0.2) is 8.42 Å². The first-order valence-electron chi connectivity index (χ1n) is 9.41. The maximum Gasteiger partial charge on any atom is 0.232 e. The van der Waals surface area contributed by atoms with Crippen LogP contribution in [0.5, 0.6) is 0 Å². The normalized spacial score (nSPS) is 11.5. The summed E-state index contributed by atoms with van der Waals surface area (Å²) in [5.74, 6) is 0. The molecule has 0 atom stereocenters. The average molecular weight is 403 g/mol. The number of aromatic nitrogens is 1. The lowest BCUT2D eigenvalue weighted by Gasteiger charge is -2.27. The highest BCUT2D eigenvalue weighted by Gasteiger charge is 2.26. The molecule has 3 aromatic carbocycles. The van der Waals surface area contributed by atoms with E-state index in [1.165, 1.54) is 10.6 Å². The van der Waals surface area contributed by atoms with Crippen molar-refractivity contribution in [2.75, 3.05) is 10.6 Å². The molecule has 4 nitrogen and oxygen atoms in total. The summed E-state index contributed by atoms with van der Waals surface area (Å²) in [5, 5.41) is 0.818. The average Bonchev–Trinajstić information content (AvgIpc) is 2.72. The first-order chi connectivity index (χ1) is 13.9. The Bertz CT molecular complexity index is 1250. The minimum atomic E-state index is -3.55. The number of rotatable bonds is 5. The van der Waals surface area contributed by atoms with Crippen LogP contribution in [0.2, 0.25) is 0 Å². The minimum absolute atomic E-state index is 0.257. The molecule has 0 unspecified atom stereocenters. The molecule has 0 radical (unpaired) electrons. The molecule has 4 rings (SSSR count). The summed E-state index contributed by atoms with van der Waals surface area (Å²) in [4.78, 5) is 4.76. The van der Waals surface area contributed by atoms with E-state index in [1.54, 1.807) is 0 Å². The second-order valence-electron chi connectivity index (χ2n) is 7.06. The van der Waals surface area contributed by atoms with Crippen molar-refractivity contribution in [2.45, 2.75) is 13.5 Å². The molecule has 0 saturated carbocycles. The van der Waals surface area contributed by atoms with Gasteiger partial charge in [0.1, 0.15) is 0 Å². The number of fused-ring (bicyclic) bond motifs is 1. The fourth-order valence-corrected chi connectivity index (χ4v) is 4.54.